The van der Waals surface area contributed by atoms with E-state index in [9.17, 15) is 59.5 Å². The third kappa shape index (κ3) is 9.26. The zero-order valence-electron chi connectivity index (χ0n) is 35.3. The second-order valence-corrected chi connectivity index (χ2v) is 20.1. The number of aliphatic hydroxyl groups is 6. The summed E-state index contributed by atoms with van der Waals surface area (Å²) < 4.78 is 52.3. The molecule has 0 amide bonds. The first-order chi connectivity index (χ1) is 29.7. The molecular formula is C36H46N8Na2O17P2. The van der Waals surface area contributed by atoms with Crippen molar-refractivity contribution in [3.8, 4) is 5.75 Å². The Hall–Kier alpha value is -1.75. The first-order valence-electron chi connectivity index (χ1n) is 20.2. The molecule has 4 aromatic rings. The van der Waals surface area contributed by atoms with E-state index in [2.05, 4.69) is 41.0 Å². The predicted molar refractivity (Wildman–Crippen MR) is 205 cm³/mol. The second kappa shape index (κ2) is 18.9. The number of benzene rings is 1. The van der Waals surface area contributed by atoms with Crippen LogP contribution in [0.15, 0.2) is 35.5 Å². The molecule has 29 heteroatoms. The van der Waals surface area contributed by atoms with Crippen LogP contribution >= 0.6 is 15.6 Å². The molecule has 2 aliphatic heterocycles. The number of nitrogens with one attached hydrogen (secondary N) is 1. The number of aromatic nitrogens is 7. The van der Waals surface area contributed by atoms with Crippen molar-refractivity contribution in [2.45, 2.75) is 119 Å². The van der Waals surface area contributed by atoms with Crippen molar-refractivity contribution in [3.63, 3.8) is 0 Å². The number of aromatic amines is 1. The van der Waals surface area contributed by atoms with Crippen LogP contribution in [0, 0.1) is 17.3 Å². The molecular weight excluding hydrogens is 924 g/mol. The fourth-order valence-corrected chi connectivity index (χ4v) is 12.7. The van der Waals surface area contributed by atoms with E-state index in [-0.39, 0.29) is 93.6 Å². The third-order valence-corrected chi connectivity index (χ3v) is 16.3. The van der Waals surface area contributed by atoms with Gasteiger partial charge in [-0.3, -0.25) is 28.0 Å². The molecule has 344 valence electrons. The number of hydrogen-bond donors (Lipinski definition) is 9. The quantitative estimate of drug-likeness (QED) is 0.0498. The number of nitrogen functional groups attached to an aromatic ring is 1. The number of H-pyrrole nitrogens is 1. The summed E-state index contributed by atoms with van der Waals surface area (Å²) in [4.78, 5) is 47.8. The van der Waals surface area contributed by atoms with Gasteiger partial charge in [0.05, 0.1) is 25.7 Å². The standard InChI is InChI=1S/C36H48N8O17P2.2Na/c1-35-8-6-18-17-5-3-16(45)10-15(17)2-4-19(18)20(35)7-9-36(35,52)23-12-43(42-41-23)11-21-25(46)27(48)29(50)33(59-21)60-63(55,56)61-62(53,54)57-13-22-26(47)28(49)32(58-22)44-14-38-24-30(44)39-34(37)40-31(24)51;;/h3,5,10,12,14,18-22,25-29,32-33,45-50,52H,2,4,6-9,11,13H2,1H3,(H,53,54)(H,55,56)(H3,37,39,40,51);;/q;2*+1/p-2/t18-,19-,20+,21+,22-,25-,26-,27-,28-,29+,32-,33-,35+,36-;;/m1../s1. The molecule has 2 saturated heterocycles. The number of hydrogen-bond acceptors (Lipinski definition) is 22. The van der Waals surface area contributed by atoms with Gasteiger partial charge in [-0.1, -0.05) is 18.2 Å². The number of nitrogens with two attached hydrogens (primary N) is 1. The van der Waals surface area contributed by atoms with E-state index in [4.69, 9.17) is 19.7 Å². The number of aryl methyl sites for hydroxylation is 1. The topological polar surface area (TPSA) is 388 Å². The van der Waals surface area contributed by atoms with E-state index < -0.39 is 101 Å². The second-order valence-electron chi connectivity index (χ2n) is 17.2. The molecule has 9 rings (SSSR count). The summed E-state index contributed by atoms with van der Waals surface area (Å²) in [7, 11) is -12.0. The Labute approximate surface area is 413 Å². The zero-order valence-corrected chi connectivity index (χ0v) is 41.1. The van der Waals surface area contributed by atoms with Crippen molar-refractivity contribution < 1.29 is 137 Å². The first kappa shape index (κ1) is 51.1. The van der Waals surface area contributed by atoms with Gasteiger partial charge in [-0.2, -0.15) is 4.98 Å². The number of phenolic OH excluding ortho intramolecular Hbond substituents is 1. The average molecular weight is 971 g/mol. The van der Waals surface area contributed by atoms with Crippen LogP contribution in [0.5, 0.6) is 5.75 Å². The number of aromatic hydroxyl groups is 1. The van der Waals surface area contributed by atoms with Crippen molar-refractivity contribution in [1.82, 2.24) is 34.5 Å². The largest absolute Gasteiger partial charge is 1.00 e. The van der Waals surface area contributed by atoms with Crippen LogP contribution in [0.2, 0.25) is 0 Å². The number of aliphatic hydroxyl groups excluding tert-OH is 5. The van der Waals surface area contributed by atoms with Crippen molar-refractivity contribution >= 4 is 32.8 Å². The molecule has 25 nitrogen and oxygen atoms in total. The summed E-state index contributed by atoms with van der Waals surface area (Å²) in [6.45, 7) is 0.552. The van der Waals surface area contributed by atoms with Crippen LogP contribution in [0.1, 0.15) is 68.0 Å². The minimum atomic E-state index is -6.05. The summed E-state index contributed by atoms with van der Waals surface area (Å²) in [5.74, 6) is 0.709. The number of ether oxygens (including phenoxy) is 2. The fraction of sp³-hybridized carbons (Fsp3) is 0.639. The molecule has 3 aromatic heterocycles. The van der Waals surface area contributed by atoms with Gasteiger partial charge in [-0.15, -0.1) is 5.10 Å². The number of fused-ring (bicyclic) bond motifs is 6. The molecule has 0 radical (unpaired) electrons. The number of anilines is 1. The van der Waals surface area contributed by atoms with Crippen LogP contribution in [0.3, 0.4) is 0 Å². The molecule has 65 heavy (non-hydrogen) atoms. The molecule has 1 aromatic carbocycles. The smallest absolute Gasteiger partial charge is 0.756 e. The average Bonchev–Trinajstić information content (AvgIpc) is 3.99. The van der Waals surface area contributed by atoms with E-state index in [1.54, 1.807) is 6.07 Å². The van der Waals surface area contributed by atoms with Gasteiger partial charge < -0.3 is 65.3 Å². The van der Waals surface area contributed by atoms with Gasteiger partial charge in [-0.25, -0.2) is 14.0 Å². The number of phosphoric acid groups is 2. The van der Waals surface area contributed by atoms with Gasteiger partial charge >= 0.3 is 59.1 Å². The van der Waals surface area contributed by atoms with Gasteiger partial charge in [0.25, 0.3) is 21.2 Å². The maximum absolute atomic E-state index is 12.9. The van der Waals surface area contributed by atoms with Crippen molar-refractivity contribution in [2.24, 2.45) is 17.3 Å². The maximum atomic E-state index is 12.9. The predicted octanol–water partition coefficient (Wildman–Crippen LogP) is -8.14. The summed E-state index contributed by atoms with van der Waals surface area (Å²) in [5.41, 5.74) is 5.26. The van der Waals surface area contributed by atoms with Crippen molar-refractivity contribution in [3.05, 3.63) is 57.9 Å². The number of rotatable bonds is 11. The van der Waals surface area contributed by atoms with Crippen molar-refractivity contribution in [1.29, 1.82) is 0 Å². The zero-order chi connectivity index (χ0) is 45.0. The Morgan fingerprint density at radius 1 is 0.985 bits per heavy atom. The van der Waals surface area contributed by atoms with Crippen molar-refractivity contribution in [2.75, 3.05) is 12.3 Å². The van der Waals surface area contributed by atoms with E-state index in [0.717, 1.165) is 42.1 Å². The molecule has 5 heterocycles. The van der Waals surface area contributed by atoms with E-state index in [1.165, 1.54) is 16.4 Å². The normalized spacial score (nSPS) is 37.2. The fourth-order valence-electron chi connectivity index (χ4n) is 10.6. The molecule has 2 saturated carbocycles. The Morgan fingerprint density at radius 3 is 2.48 bits per heavy atom. The van der Waals surface area contributed by atoms with Crippen LogP contribution in [0.4, 0.5) is 5.95 Å². The van der Waals surface area contributed by atoms with Crippen LogP contribution in [-0.4, -0.2) is 126 Å². The van der Waals surface area contributed by atoms with Gasteiger partial charge in [0.2, 0.25) is 5.95 Å². The third-order valence-electron chi connectivity index (χ3n) is 13.8. The van der Waals surface area contributed by atoms with Crippen LogP contribution < -0.4 is 80.2 Å². The minimum Gasteiger partial charge on any atom is -0.756 e. The van der Waals surface area contributed by atoms with Gasteiger partial charge in [0, 0.05) is 5.41 Å². The molecule has 2 unspecified atom stereocenters. The number of phosphoric ester groups is 2. The first-order valence-corrected chi connectivity index (χ1v) is 23.2. The number of imidazole rings is 1. The van der Waals surface area contributed by atoms with Gasteiger partial charge in [0.1, 0.15) is 59.8 Å². The van der Waals surface area contributed by atoms with Gasteiger partial charge in [-0.05, 0) is 79.5 Å². The molecule has 10 N–H and O–H groups in total. The molecule has 5 aliphatic rings. The summed E-state index contributed by atoms with van der Waals surface area (Å²) in [6, 6.07) is 5.55. The monoisotopic (exact) mass is 970 g/mol. The van der Waals surface area contributed by atoms with Crippen LogP contribution in [-0.2, 0) is 50.5 Å². The summed E-state index contributed by atoms with van der Waals surface area (Å²) in [5, 5.41) is 84.1. The Kier molecular flexibility index (Phi) is 14.8. The van der Waals surface area contributed by atoms with E-state index in [1.807, 2.05) is 12.1 Å². The van der Waals surface area contributed by atoms with E-state index >= 15 is 0 Å². The summed E-state index contributed by atoms with van der Waals surface area (Å²) >= 11 is 0. The molecule has 3 aliphatic carbocycles. The molecule has 16 atom stereocenters. The molecule has 4 fully saturated rings. The molecule has 0 spiro atoms. The Balaban J connectivity index is 0.00000315. The minimum absolute atomic E-state index is 0. The Bertz CT molecular complexity index is 2560. The van der Waals surface area contributed by atoms with E-state index in [0.29, 0.717) is 24.7 Å². The maximum Gasteiger partial charge on any atom is 1.00 e. The Morgan fingerprint density at radius 2 is 1.72 bits per heavy atom. The number of phenols is 1. The molecule has 0 bridgehead atoms. The number of nitrogens with zero attached hydrogens (tertiary/aromatic N) is 6. The summed E-state index contributed by atoms with van der Waals surface area (Å²) in [6.07, 6.45) is -9.82. The van der Waals surface area contributed by atoms with Crippen LogP contribution in [0.25, 0.3) is 11.2 Å². The SMILES string of the molecule is C[C@]12CC[C@@H]3c4ccc(O)cc4CC[C@H]3[C@@H]1CC[C@@]2(O)c1cn(C[C@@H]2O[C@H](OP(=O)([O-])OP(=O)([O-])OC[C@H]3O[C@@H](n4cnc5c(=O)[nH]c(N)nc54)[C@H](O)[C@@H]3O)[C@@H](O)[C@H](O)[C@@H]2O)nn1.[Na+].[Na+]. The van der Waals surface area contributed by atoms with Gasteiger partial charge in [0.15, 0.2) is 23.7 Å².